The Morgan fingerprint density at radius 2 is 2.24 bits per heavy atom. The first-order valence-corrected chi connectivity index (χ1v) is 5.26. The van der Waals surface area contributed by atoms with E-state index in [1.165, 1.54) is 12.0 Å². The highest BCUT2D eigenvalue weighted by Gasteiger charge is 2.29. The summed E-state index contributed by atoms with van der Waals surface area (Å²) in [5.74, 6) is 0.561. The van der Waals surface area contributed by atoms with Crippen LogP contribution in [0.25, 0.3) is 0 Å². The van der Waals surface area contributed by atoms with Crippen molar-refractivity contribution >= 4 is 12.0 Å². The zero-order chi connectivity index (χ0) is 12.4. The molecule has 0 aromatic carbocycles. The molecule has 0 saturated heterocycles. The molecule has 2 heterocycles. The second-order valence-corrected chi connectivity index (χ2v) is 3.57. The van der Waals surface area contributed by atoms with Crippen molar-refractivity contribution in [2.24, 2.45) is 0 Å². The van der Waals surface area contributed by atoms with E-state index in [1.54, 1.807) is 6.92 Å². The molecule has 0 spiro atoms. The summed E-state index contributed by atoms with van der Waals surface area (Å²) in [5, 5.41) is 0. The molecule has 1 aliphatic rings. The molecular weight excluding hydrogens is 224 g/mol. The van der Waals surface area contributed by atoms with Crippen molar-refractivity contribution < 1.29 is 14.3 Å². The second-order valence-electron chi connectivity index (χ2n) is 3.57. The molecule has 0 fully saturated rings. The van der Waals surface area contributed by atoms with Crippen molar-refractivity contribution in [2.75, 3.05) is 19.5 Å². The van der Waals surface area contributed by atoms with Crippen LogP contribution in [-0.2, 0) is 17.8 Å². The van der Waals surface area contributed by atoms with E-state index < -0.39 is 0 Å². The van der Waals surface area contributed by atoms with Gasteiger partial charge in [0, 0.05) is 0 Å². The van der Waals surface area contributed by atoms with E-state index in [0.29, 0.717) is 31.3 Å². The Morgan fingerprint density at radius 3 is 2.88 bits per heavy atom. The summed E-state index contributed by atoms with van der Waals surface area (Å²) in [4.78, 5) is 21.2. The van der Waals surface area contributed by atoms with Crippen LogP contribution in [0.4, 0.5) is 10.7 Å². The molecule has 1 aromatic rings. The minimum atomic E-state index is -0.369. The molecule has 0 unspecified atom stereocenters. The second kappa shape index (κ2) is 4.44. The molecule has 7 heteroatoms. The average molecular weight is 238 g/mol. The van der Waals surface area contributed by atoms with Gasteiger partial charge in [0.2, 0.25) is 11.8 Å². The molecule has 1 aliphatic heterocycles. The lowest BCUT2D eigenvalue weighted by atomic mass is 10.2. The first-order chi connectivity index (χ1) is 8.15. The van der Waals surface area contributed by atoms with Crippen molar-refractivity contribution in [3.05, 3.63) is 11.3 Å². The van der Waals surface area contributed by atoms with E-state index in [1.807, 2.05) is 0 Å². The van der Waals surface area contributed by atoms with Crippen LogP contribution in [0.2, 0.25) is 0 Å². The molecule has 2 rings (SSSR count). The smallest absolute Gasteiger partial charge is 0.410 e. The normalized spacial score (nSPS) is 13.4. The van der Waals surface area contributed by atoms with E-state index in [2.05, 4.69) is 9.97 Å². The van der Waals surface area contributed by atoms with Crippen LogP contribution >= 0.6 is 0 Å². The number of hydrogen-bond donors (Lipinski definition) is 1. The molecule has 0 radical (unpaired) electrons. The van der Waals surface area contributed by atoms with Crippen molar-refractivity contribution in [3.8, 4) is 5.88 Å². The van der Waals surface area contributed by atoms with Gasteiger partial charge in [-0.2, -0.15) is 4.98 Å². The third kappa shape index (κ3) is 2.08. The number of amides is 1. The highest BCUT2D eigenvalue weighted by Crippen LogP contribution is 2.28. The van der Waals surface area contributed by atoms with E-state index in [4.69, 9.17) is 15.2 Å². The van der Waals surface area contributed by atoms with Gasteiger partial charge >= 0.3 is 6.09 Å². The molecular formula is C10H14N4O3. The Labute approximate surface area is 98.5 Å². The largest absolute Gasteiger partial charge is 0.481 e. The van der Waals surface area contributed by atoms with Crippen molar-refractivity contribution in [3.63, 3.8) is 0 Å². The number of anilines is 1. The molecule has 92 valence electrons. The van der Waals surface area contributed by atoms with E-state index in [9.17, 15) is 4.79 Å². The van der Waals surface area contributed by atoms with E-state index >= 15 is 0 Å². The predicted molar refractivity (Wildman–Crippen MR) is 59.3 cm³/mol. The number of methoxy groups -OCH3 is 1. The summed E-state index contributed by atoms with van der Waals surface area (Å²) in [6, 6.07) is 0. The van der Waals surface area contributed by atoms with Crippen LogP contribution in [-0.4, -0.2) is 34.7 Å². The van der Waals surface area contributed by atoms with Gasteiger partial charge in [-0.1, -0.05) is 0 Å². The number of nitrogens with zero attached hydrogens (tertiary/aromatic N) is 3. The molecule has 0 bridgehead atoms. The van der Waals surface area contributed by atoms with Crippen LogP contribution in [0.15, 0.2) is 0 Å². The maximum absolute atomic E-state index is 11.6. The van der Waals surface area contributed by atoms with Crippen molar-refractivity contribution in [2.45, 2.75) is 20.0 Å². The fourth-order valence-corrected chi connectivity index (χ4v) is 1.76. The van der Waals surface area contributed by atoms with Gasteiger partial charge < -0.3 is 15.2 Å². The van der Waals surface area contributed by atoms with Gasteiger partial charge in [0.25, 0.3) is 0 Å². The first-order valence-electron chi connectivity index (χ1n) is 5.26. The summed E-state index contributed by atoms with van der Waals surface area (Å²) in [6.07, 6.45) is -0.369. The number of nitrogens with two attached hydrogens (primary N) is 1. The van der Waals surface area contributed by atoms with Gasteiger partial charge in [0.15, 0.2) is 0 Å². The fourth-order valence-electron chi connectivity index (χ4n) is 1.76. The Morgan fingerprint density at radius 1 is 1.47 bits per heavy atom. The summed E-state index contributed by atoms with van der Waals surface area (Å²) >= 11 is 0. The predicted octanol–water partition coefficient (Wildman–Crippen LogP) is 0.539. The van der Waals surface area contributed by atoms with Gasteiger partial charge in [-0.05, 0) is 6.92 Å². The summed E-state index contributed by atoms with van der Waals surface area (Å²) in [6.45, 7) is 2.87. The number of aromatic nitrogens is 2. The summed E-state index contributed by atoms with van der Waals surface area (Å²) in [5.41, 5.74) is 7.05. The lowest BCUT2D eigenvalue weighted by Gasteiger charge is -2.13. The standard InChI is InChI=1S/C10H14N4O3/c1-3-17-10(15)14-4-6-7(5-14)12-9(11)13-8(6)16-2/h3-5H2,1-2H3,(H2,11,12,13). The quantitative estimate of drug-likeness (QED) is 0.808. The number of rotatable bonds is 2. The fraction of sp³-hybridized carbons (Fsp3) is 0.500. The third-order valence-corrected chi connectivity index (χ3v) is 2.48. The number of carbonyl (C=O) groups is 1. The van der Waals surface area contributed by atoms with E-state index in [-0.39, 0.29) is 12.0 Å². The number of nitrogen functional groups attached to an aromatic ring is 1. The maximum atomic E-state index is 11.6. The molecule has 1 aromatic heterocycles. The third-order valence-electron chi connectivity index (χ3n) is 2.48. The van der Waals surface area contributed by atoms with Gasteiger partial charge in [0.1, 0.15) is 0 Å². The van der Waals surface area contributed by atoms with Crippen molar-refractivity contribution in [1.29, 1.82) is 0 Å². The van der Waals surface area contributed by atoms with Crippen LogP contribution in [0, 0.1) is 0 Å². The van der Waals surface area contributed by atoms with Crippen molar-refractivity contribution in [1.82, 2.24) is 14.9 Å². The maximum Gasteiger partial charge on any atom is 0.410 e. The minimum Gasteiger partial charge on any atom is -0.481 e. The minimum absolute atomic E-state index is 0.145. The molecule has 17 heavy (non-hydrogen) atoms. The number of hydrogen-bond acceptors (Lipinski definition) is 6. The lowest BCUT2D eigenvalue weighted by molar-refractivity contribution is 0.106. The molecule has 2 N–H and O–H groups in total. The van der Waals surface area contributed by atoms with E-state index in [0.717, 1.165) is 5.56 Å². The van der Waals surface area contributed by atoms with Gasteiger partial charge in [-0.15, -0.1) is 0 Å². The van der Waals surface area contributed by atoms with Crippen LogP contribution < -0.4 is 10.5 Å². The monoisotopic (exact) mass is 238 g/mol. The highest BCUT2D eigenvalue weighted by molar-refractivity contribution is 5.69. The molecule has 0 saturated carbocycles. The average Bonchev–Trinajstić information content (AvgIpc) is 2.71. The molecule has 0 aliphatic carbocycles. The van der Waals surface area contributed by atoms with Gasteiger partial charge in [-0.3, -0.25) is 4.90 Å². The number of fused-ring (bicyclic) bond motifs is 1. The summed E-state index contributed by atoms with van der Waals surface area (Å²) < 4.78 is 10.0. The zero-order valence-corrected chi connectivity index (χ0v) is 9.77. The Balaban J connectivity index is 2.24. The van der Waals surface area contributed by atoms with Crippen LogP contribution in [0.3, 0.4) is 0 Å². The van der Waals surface area contributed by atoms with Crippen LogP contribution in [0.1, 0.15) is 18.2 Å². The van der Waals surface area contributed by atoms with Gasteiger partial charge in [0.05, 0.1) is 38.1 Å². The number of ether oxygens (including phenoxy) is 2. The number of carbonyl (C=O) groups excluding carboxylic acids is 1. The molecule has 7 nitrogen and oxygen atoms in total. The Bertz CT molecular complexity index is 449. The van der Waals surface area contributed by atoms with Crippen LogP contribution in [0.5, 0.6) is 5.88 Å². The highest BCUT2D eigenvalue weighted by atomic mass is 16.6. The van der Waals surface area contributed by atoms with Gasteiger partial charge in [-0.25, -0.2) is 9.78 Å². The zero-order valence-electron chi connectivity index (χ0n) is 9.77. The molecule has 1 amide bonds. The SMILES string of the molecule is CCOC(=O)N1Cc2nc(N)nc(OC)c2C1. The summed E-state index contributed by atoms with van der Waals surface area (Å²) in [7, 11) is 1.51. The first kappa shape index (κ1) is 11.4. The Hall–Kier alpha value is -2.05. The Kier molecular flexibility index (Phi) is 2.99. The molecule has 0 atom stereocenters. The topological polar surface area (TPSA) is 90.6 Å². The lowest BCUT2D eigenvalue weighted by Crippen LogP contribution is -2.26.